The molecule has 35 heavy (non-hydrogen) atoms. The molecule has 0 aliphatic heterocycles. The molecule has 0 saturated heterocycles. The van der Waals surface area contributed by atoms with Crippen LogP contribution in [0.1, 0.15) is 62.5 Å². The molecular formula is C27H31N3O5. The van der Waals surface area contributed by atoms with E-state index >= 15 is 0 Å². The molecule has 184 valence electrons. The number of alkyl carbamates (subject to hydrolysis) is 1. The van der Waals surface area contributed by atoms with Crippen LogP contribution in [0, 0.1) is 11.3 Å². The van der Waals surface area contributed by atoms with E-state index in [-0.39, 0.29) is 18.9 Å². The van der Waals surface area contributed by atoms with E-state index in [9.17, 15) is 14.4 Å². The van der Waals surface area contributed by atoms with E-state index in [0.717, 1.165) is 22.3 Å². The lowest BCUT2D eigenvalue weighted by molar-refractivity contribution is -0.137. The number of unbranched alkanes of at least 4 members (excludes halogenated alkanes) is 2. The zero-order valence-electron chi connectivity index (χ0n) is 19.8. The second kappa shape index (κ2) is 12.6. The van der Waals surface area contributed by atoms with Gasteiger partial charge in [-0.05, 0) is 47.9 Å². The zero-order valence-corrected chi connectivity index (χ0v) is 19.8. The average Bonchev–Trinajstić information content (AvgIpc) is 3.17. The Kier molecular flexibility index (Phi) is 9.24. The summed E-state index contributed by atoms with van der Waals surface area (Å²) in [4.78, 5) is 36.6. The van der Waals surface area contributed by atoms with Crippen molar-refractivity contribution in [2.45, 2.75) is 63.5 Å². The van der Waals surface area contributed by atoms with E-state index in [1.165, 1.54) is 0 Å². The van der Waals surface area contributed by atoms with Crippen LogP contribution in [0.4, 0.5) is 4.79 Å². The van der Waals surface area contributed by atoms with Crippen molar-refractivity contribution in [2.24, 2.45) is 0 Å². The Hall–Kier alpha value is -3.86. The van der Waals surface area contributed by atoms with Gasteiger partial charge in [0.2, 0.25) is 5.91 Å². The van der Waals surface area contributed by atoms with E-state index in [1.54, 1.807) is 6.92 Å². The number of carboxylic acid groups (broad SMARTS) is 1. The summed E-state index contributed by atoms with van der Waals surface area (Å²) in [6.07, 6.45) is 1.37. The number of nitrogens with zero attached hydrogens (tertiary/aromatic N) is 1. The zero-order chi connectivity index (χ0) is 25.2. The summed E-state index contributed by atoms with van der Waals surface area (Å²) in [7, 11) is 0. The predicted octanol–water partition coefficient (Wildman–Crippen LogP) is 4.35. The summed E-state index contributed by atoms with van der Waals surface area (Å²) < 4.78 is 5.57. The van der Waals surface area contributed by atoms with Gasteiger partial charge in [-0.3, -0.25) is 9.59 Å². The van der Waals surface area contributed by atoms with E-state index in [1.807, 2.05) is 36.4 Å². The van der Waals surface area contributed by atoms with Crippen molar-refractivity contribution in [2.75, 3.05) is 6.61 Å². The van der Waals surface area contributed by atoms with Gasteiger partial charge in [-0.1, -0.05) is 55.5 Å². The Morgan fingerprint density at radius 2 is 1.66 bits per heavy atom. The minimum atomic E-state index is -1.01. The van der Waals surface area contributed by atoms with Crippen molar-refractivity contribution in [1.29, 1.82) is 5.26 Å². The van der Waals surface area contributed by atoms with Gasteiger partial charge in [0.05, 0.1) is 12.5 Å². The van der Waals surface area contributed by atoms with Gasteiger partial charge >= 0.3 is 12.1 Å². The van der Waals surface area contributed by atoms with Crippen LogP contribution < -0.4 is 10.6 Å². The molecule has 2 atom stereocenters. The van der Waals surface area contributed by atoms with Gasteiger partial charge < -0.3 is 20.5 Å². The van der Waals surface area contributed by atoms with Crippen molar-refractivity contribution in [3.8, 4) is 17.2 Å². The Balaban J connectivity index is 1.64. The third-order valence-corrected chi connectivity index (χ3v) is 6.24. The fourth-order valence-electron chi connectivity index (χ4n) is 4.41. The molecule has 0 spiro atoms. The van der Waals surface area contributed by atoms with Gasteiger partial charge in [-0.2, -0.15) is 5.26 Å². The largest absolute Gasteiger partial charge is 0.481 e. The van der Waals surface area contributed by atoms with Crippen molar-refractivity contribution < 1.29 is 24.2 Å². The number of nitriles is 1. The summed E-state index contributed by atoms with van der Waals surface area (Å²) >= 11 is 0. The maximum Gasteiger partial charge on any atom is 0.407 e. The van der Waals surface area contributed by atoms with Crippen LogP contribution in [0.3, 0.4) is 0 Å². The predicted molar refractivity (Wildman–Crippen MR) is 131 cm³/mol. The van der Waals surface area contributed by atoms with Crippen molar-refractivity contribution >= 4 is 18.0 Å². The van der Waals surface area contributed by atoms with Crippen LogP contribution in [0.2, 0.25) is 0 Å². The lowest BCUT2D eigenvalue weighted by atomic mass is 9.98. The number of benzene rings is 2. The standard InChI is InChI=1S/C27H31N3O5/c1-2-18(16-25(31)32)29-26(33)24(14-4-3-9-15-28)30-27(34)35-17-23-21-12-7-5-10-19(21)20-11-6-8-13-22(20)23/h5-8,10-13,18,23-24H,2-4,9,14,16-17H2,1H3,(H,29,33)(H,30,34)(H,31,32). The fraction of sp³-hybridized carbons (Fsp3) is 0.407. The van der Waals surface area contributed by atoms with Crippen LogP contribution in [-0.4, -0.2) is 41.8 Å². The Bertz CT molecular complexity index is 1050. The monoisotopic (exact) mass is 477 g/mol. The van der Waals surface area contributed by atoms with E-state index in [2.05, 4.69) is 28.8 Å². The topological polar surface area (TPSA) is 129 Å². The number of amides is 2. The number of carbonyl (C=O) groups excluding carboxylic acids is 2. The first-order chi connectivity index (χ1) is 16.9. The molecule has 2 unspecified atom stereocenters. The third kappa shape index (κ3) is 6.82. The molecular weight excluding hydrogens is 446 g/mol. The molecule has 8 heteroatoms. The fourth-order valence-corrected chi connectivity index (χ4v) is 4.41. The minimum Gasteiger partial charge on any atom is -0.481 e. The number of hydrogen-bond donors (Lipinski definition) is 3. The van der Waals surface area contributed by atoms with E-state index < -0.39 is 30.1 Å². The Labute approximate surface area is 205 Å². The number of rotatable bonds is 12. The second-order valence-electron chi connectivity index (χ2n) is 8.64. The number of aliphatic carboxylic acids is 1. The first kappa shape index (κ1) is 25.8. The molecule has 1 aliphatic rings. The van der Waals surface area contributed by atoms with Crippen molar-refractivity contribution in [1.82, 2.24) is 10.6 Å². The molecule has 0 aromatic heterocycles. The lowest BCUT2D eigenvalue weighted by Gasteiger charge is -2.22. The molecule has 1 aliphatic carbocycles. The quantitative estimate of drug-likeness (QED) is 0.390. The van der Waals surface area contributed by atoms with Crippen LogP contribution in [-0.2, 0) is 14.3 Å². The average molecular weight is 478 g/mol. The van der Waals surface area contributed by atoms with Crippen LogP contribution in [0.25, 0.3) is 11.1 Å². The maximum absolute atomic E-state index is 12.8. The van der Waals surface area contributed by atoms with Crippen LogP contribution in [0.15, 0.2) is 48.5 Å². The van der Waals surface area contributed by atoms with Crippen molar-refractivity contribution in [3.05, 3.63) is 59.7 Å². The molecule has 3 N–H and O–H groups in total. The molecule has 0 fully saturated rings. The number of carboxylic acids is 1. The highest BCUT2D eigenvalue weighted by Gasteiger charge is 2.30. The summed E-state index contributed by atoms with van der Waals surface area (Å²) in [5.41, 5.74) is 4.42. The lowest BCUT2D eigenvalue weighted by Crippen LogP contribution is -2.50. The number of ether oxygens (including phenoxy) is 1. The summed E-state index contributed by atoms with van der Waals surface area (Å²) in [6.45, 7) is 1.91. The van der Waals surface area contributed by atoms with Crippen molar-refractivity contribution in [3.63, 3.8) is 0 Å². The third-order valence-electron chi connectivity index (χ3n) is 6.24. The molecule has 8 nitrogen and oxygen atoms in total. The van der Waals surface area contributed by atoms with Gasteiger partial charge in [0.25, 0.3) is 0 Å². The highest BCUT2D eigenvalue weighted by atomic mass is 16.5. The van der Waals surface area contributed by atoms with E-state index in [0.29, 0.717) is 32.1 Å². The van der Waals surface area contributed by atoms with E-state index in [4.69, 9.17) is 15.1 Å². The molecule has 3 rings (SSSR count). The molecule has 0 bridgehead atoms. The summed E-state index contributed by atoms with van der Waals surface area (Å²) in [5, 5.41) is 23.2. The molecule has 0 saturated carbocycles. The summed E-state index contributed by atoms with van der Waals surface area (Å²) in [6, 6.07) is 16.7. The number of fused-ring (bicyclic) bond motifs is 3. The van der Waals surface area contributed by atoms with Gasteiger partial charge in [-0.25, -0.2) is 4.79 Å². The molecule has 2 amide bonds. The number of hydrogen-bond acceptors (Lipinski definition) is 5. The first-order valence-electron chi connectivity index (χ1n) is 11.9. The molecule has 0 heterocycles. The molecule has 2 aromatic rings. The highest BCUT2D eigenvalue weighted by molar-refractivity contribution is 5.86. The minimum absolute atomic E-state index is 0.101. The normalized spacial score (nSPS) is 13.6. The maximum atomic E-state index is 12.8. The second-order valence-corrected chi connectivity index (χ2v) is 8.64. The Morgan fingerprint density at radius 3 is 2.23 bits per heavy atom. The smallest absolute Gasteiger partial charge is 0.407 e. The number of carbonyl (C=O) groups is 3. The van der Waals surface area contributed by atoms with Gasteiger partial charge in [-0.15, -0.1) is 0 Å². The molecule has 0 radical (unpaired) electrons. The van der Waals surface area contributed by atoms with Gasteiger partial charge in [0.15, 0.2) is 0 Å². The Morgan fingerprint density at radius 1 is 1.03 bits per heavy atom. The summed E-state index contributed by atoms with van der Waals surface area (Å²) in [5.74, 6) is -1.56. The SMILES string of the molecule is CCC(CC(=O)O)NC(=O)C(CCCCC#N)NC(=O)OCC1c2ccccc2-c2ccccc21. The van der Waals surface area contributed by atoms with Crippen LogP contribution in [0.5, 0.6) is 0 Å². The highest BCUT2D eigenvalue weighted by Crippen LogP contribution is 2.44. The number of nitrogens with one attached hydrogen (secondary N) is 2. The van der Waals surface area contributed by atoms with Gasteiger partial charge in [0, 0.05) is 18.4 Å². The first-order valence-corrected chi connectivity index (χ1v) is 11.9. The molecule has 2 aromatic carbocycles. The van der Waals surface area contributed by atoms with Crippen LogP contribution >= 0.6 is 0 Å². The van der Waals surface area contributed by atoms with Gasteiger partial charge in [0.1, 0.15) is 12.6 Å².